The van der Waals surface area contributed by atoms with Crippen molar-refractivity contribution in [2.75, 3.05) is 7.05 Å². The van der Waals surface area contributed by atoms with E-state index in [0.29, 0.717) is 12.0 Å². The number of phenolic OH excluding ortho intramolecular Hbond substituents is 2. The van der Waals surface area contributed by atoms with E-state index in [1.807, 2.05) is 0 Å². The molecule has 2 rings (SSSR count). The van der Waals surface area contributed by atoms with E-state index in [1.165, 1.54) is 19.2 Å². The molecular formula is C12H13NO4. The topological polar surface area (TPSA) is 77.8 Å². The number of benzene rings is 1. The summed E-state index contributed by atoms with van der Waals surface area (Å²) in [5.74, 6) is -0.916. The molecule has 0 aliphatic carbocycles. The van der Waals surface area contributed by atoms with Gasteiger partial charge in [0.2, 0.25) is 11.8 Å². The molecule has 1 fully saturated rings. The Morgan fingerprint density at radius 1 is 1.35 bits per heavy atom. The monoisotopic (exact) mass is 235 g/mol. The SMILES string of the molecule is CN1C(=O)C[C@@H](Cc2ccc(O)cc2O)C1=O. The maximum atomic E-state index is 11.7. The normalized spacial score (nSPS) is 20.1. The van der Waals surface area contributed by atoms with E-state index in [4.69, 9.17) is 5.11 Å². The summed E-state index contributed by atoms with van der Waals surface area (Å²) in [6, 6.07) is 4.22. The van der Waals surface area contributed by atoms with E-state index in [1.54, 1.807) is 6.07 Å². The number of phenols is 2. The number of hydrogen-bond acceptors (Lipinski definition) is 4. The van der Waals surface area contributed by atoms with Crippen molar-refractivity contribution in [2.24, 2.45) is 5.92 Å². The van der Waals surface area contributed by atoms with E-state index in [9.17, 15) is 14.7 Å². The summed E-state index contributed by atoms with van der Waals surface area (Å²) in [4.78, 5) is 24.1. The van der Waals surface area contributed by atoms with E-state index >= 15 is 0 Å². The highest BCUT2D eigenvalue weighted by Gasteiger charge is 2.36. The van der Waals surface area contributed by atoms with Gasteiger partial charge in [0.15, 0.2) is 0 Å². The summed E-state index contributed by atoms with van der Waals surface area (Å²) in [6.07, 6.45) is 0.483. The van der Waals surface area contributed by atoms with Crippen LogP contribution in [0.25, 0.3) is 0 Å². The van der Waals surface area contributed by atoms with Gasteiger partial charge in [-0.1, -0.05) is 6.07 Å². The predicted octanol–water partition coefficient (Wildman–Crippen LogP) is 0.645. The van der Waals surface area contributed by atoms with Gasteiger partial charge in [-0.05, 0) is 18.1 Å². The second-order valence-electron chi connectivity index (χ2n) is 4.21. The zero-order valence-electron chi connectivity index (χ0n) is 9.38. The van der Waals surface area contributed by atoms with Crippen LogP contribution in [-0.4, -0.2) is 34.0 Å². The molecule has 2 N–H and O–H groups in total. The van der Waals surface area contributed by atoms with Crippen molar-refractivity contribution in [1.82, 2.24) is 4.90 Å². The summed E-state index contributed by atoms with van der Waals surface area (Å²) in [7, 11) is 1.46. The number of imide groups is 1. The first-order chi connectivity index (χ1) is 7.99. The lowest BCUT2D eigenvalue weighted by Crippen LogP contribution is -2.26. The summed E-state index contributed by atoms with van der Waals surface area (Å²) in [6.45, 7) is 0. The van der Waals surface area contributed by atoms with Crippen molar-refractivity contribution in [2.45, 2.75) is 12.8 Å². The molecule has 1 atom stereocenters. The van der Waals surface area contributed by atoms with E-state index < -0.39 is 5.92 Å². The standard InChI is InChI=1S/C12H13NO4/c1-13-11(16)5-8(12(13)17)4-7-2-3-9(14)6-10(7)15/h2-3,6,8,14-15H,4-5H2,1H3/t8-/m1/s1. The van der Waals surface area contributed by atoms with Crippen LogP contribution < -0.4 is 0 Å². The third-order valence-electron chi connectivity index (χ3n) is 3.01. The lowest BCUT2D eigenvalue weighted by Gasteiger charge is -2.10. The highest BCUT2D eigenvalue weighted by atomic mass is 16.3. The highest BCUT2D eigenvalue weighted by molar-refractivity contribution is 6.03. The first-order valence-electron chi connectivity index (χ1n) is 5.30. The van der Waals surface area contributed by atoms with Crippen LogP contribution in [0.15, 0.2) is 18.2 Å². The summed E-state index contributed by atoms with van der Waals surface area (Å²) >= 11 is 0. The molecule has 5 nitrogen and oxygen atoms in total. The van der Waals surface area contributed by atoms with E-state index in [0.717, 1.165) is 4.90 Å². The van der Waals surface area contributed by atoms with Gasteiger partial charge in [0.05, 0.1) is 5.92 Å². The van der Waals surface area contributed by atoms with Gasteiger partial charge in [0.25, 0.3) is 0 Å². The first kappa shape index (κ1) is 11.4. The zero-order chi connectivity index (χ0) is 12.6. The third-order valence-corrected chi connectivity index (χ3v) is 3.01. The molecule has 0 bridgehead atoms. The molecule has 90 valence electrons. The van der Waals surface area contributed by atoms with Crippen molar-refractivity contribution >= 4 is 11.8 Å². The molecule has 1 aromatic rings. The van der Waals surface area contributed by atoms with Crippen molar-refractivity contribution in [1.29, 1.82) is 0 Å². The van der Waals surface area contributed by atoms with Crippen LogP contribution >= 0.6 is 0 Å². The molecule has 0 spiro atoms. The highest BCUT2D eigenvalue weighted by Crippen LogP contribution is 2.28. The van der Waals surface area contributed by atoms with E-state index in [2.05, 4.69) is 0 Å². The Balaban J connectivity index is 2.17. The minimum atomic E-state index is -0.414. The molecule has 17 heavy (non-hydrogen) atoms. The van der Waals surface area contributed by atoms with Gasteiger partial charge in [-0.25, -0.2) is 0 Å². The Hall–Kier alpha value is -2.04. The summed E-state index contributed by atoms with van der Waals surface area (Å²) in [5, 5.41) is 18.7. The Bertz CT molecular complexity index is 483. The van der Waals surface area contributed by atoms with Crippen LogP contribution in [0.4, 0.5) is 0 Å². The first-order valence-corrected chi connectivity index (χ1v) is 5.30. The summed E-state index contributed by atoms with van der Waals surface area (Å²) in [5.41, 5.74) is 0.559. The number of nitrogens with zero attached hydrogens (tertiary/aromatic N) is 1. The number of rotatable bonds is 2. The third kappa shape index (κ3) is 2.08. The molecule has 0 unspecified atom stereocenters. The van der Waals surface area contributed by atoms with E-state index in [-0.39, 0.29) is 29.7 Å². The van der Waals surface area contributed by atoms with Gasteiger partial charge < -0.3 is 10.2 Å². The van der Waals surface area contributed by atoms with Crippen LogP contribution in [-0.2, 0) is 16.0 Å². The van der Waals surface area contributed by atoms with Gasteiger partial charge in [-0.15, -0.1) is 0 Å². The molecule has 1 aliphatic rings. The molecule has 0 aromatic heterocycles. The van der Waals surface area contributed by atoms with Crippen molar-refractivity contribution in [3.63, 3.8) is 0 Å². The lowest BCUT2D eigenvalue weighted by molar-refractivity contribution is -0.137. The van der Waals surface area contributed by atoms with Gasteiger partial charge >= 0.3 is 0 Å². The smallest absolute Gasteiger partial charge is 0.232 e. The van der Waals surface area contributed by atoms with Crippen LogP contribution in [0.5, 0.6) is 11.5 Å². The Labute approximate surface area is 98.3 Å². The minimum Gasteiger partial charge on any atom is -0.508 e. The average Bonchev–Trinajstić information content (AvgIpc) is 2.50. The van der Waals surface area contributed by atoms with Crippen LogP contribution in [0.1, 0.15) is 12.0 Å². The molecule has 1 heterocycles. The largest absolute Gasteiger partial charge is 0.508 e. The fourth-order valence-electron chi connectivity index (χ4n) is 1.98. The van der Waals surface area contributed by atoms with Gasteiger partial charge in [0.1, 0.15) is 11.5 Å². The molecule has 1 aliphatic heterocycles. The number of aromatic hydroxyl groups is 2. The Morgan fingerprint density at radius 3 is 2.59 bits per heavy atom. The maximum absolute atomic E-state index is 11.7. The number of likely N-dealkylation sites (tertiary alicyclic amines) is 1. The fraction of sp³-hybridized carbons (Fsp3) is 0.333. The minimum absolute atomic E-state index is 0.0304. The quantitative estimate of drug-likeness (QED) is 0.737. The molecular weight excluding hydrogens is 222 g/mol. The second kappa shape index (κ2) is 4.08. The summed E-state index contributed by atoms with van der Waals surface area (Å²) < 4.78 is 0. The Morgan fingerprint density at radius 2 is 2.06 bits per heavy atom. The number of hydrogen-bond donors (Lipinski definition) is 2. The van der Waals surface area contributed by atoms with Crippen molar-refractivity contribution < 1.29 is 19.8 Å². The Kier molecular flexibility index (Phi) is 2.75. The van der Waals surface area contributed by atoms with Gasteiger partial charge in [-0.2, -0.15) is 0 Å². The van der Waals surface area contributed by atoms with Crippen molar-refractivity contribution in [3.8, 4) is 11.5 Å². The lowest BCUT2D eigenvalue weighted by atomic mass is 9.97. The average molecular weight is 235 g/mol. The van der Waals surface area contributed by atoms with Crippen molar-refractivity contribution in [3.05, 3.63) is 23.8 Å². The molecule has 0 radical (unpaired) electrons. The molecule has 1 saturated heterocycles. The predicted molar refractivity (Wildman–Crippen MR) is 59.4 cm³/mol. The number of amides is 2. The van der Waals surface area contributed by atoms with Gasteiger partial charge in [-0.3, -0.25) is 14.5 Å². The fourth-order valence-corrected chi connectivity index (χ4v) is 1.98. The van der Waals surface area contributed by atoms with Crippen LogP contribution in [0, 0.1) is 5.92 Å². The molecule has 5 heteroatoms. The van der Waals surface area contributed by atoms with Gasteiger partial charge in [0, 0.05) is 19.5 Å². The zero-order valence-corrected chi connectivity index (χ0v) is 9.38. The number of carbonyl (C=O) groups excluding carboxylic acids is 2. The van der Waals surface area contributed by atoms with Crippen LogP contribution in [0.2, 0.25) is 0 Å². The van der Waals surface area contributed by atoms with Crippen LogP contribution in [0.3, 0.4) is 0 Å². The maximum Gasteiger partial charge on any atom is 0.232 e. The molecule has 0 saturated carbocycles. The molecule has 1 aromatic carbocycles. The molecule has 2 amide bonds. The second-order valence-corrected chi connectivity index (χ2v) is 4.21. The number of carbonyl (C=O) groups is 2.